The van der Waals surface area contributed by atoms with Gasteiger partial charge in [-0.1, -0.05) is 181 Å². The van der Waals surface area contributed by atoms with E-state index >= 15 is 0 Å². The Morgan fingerprint density at radius 3 is 0.940 bits per heavy atom. The Morgan fingerprint density at radius 1 is 0.400 bits per heavy atom. The molecule has 0 aliphatic carbocycles. The quantitative estimate of drug-likeness (QED) is 0.0503. The first-order valence-electron chi connectivity index (χ1n) is 21.5. The van der Waals surface area contributed by atoms with Gasteiger partial charge in [-0.05, 0) is 46.3 Å². The van der Waals surface area contributed by atoms with Gasteiger partial charge in [-0.3, -0.25) is 14.4 Å². The fourth-order valence-electron chi connectivity index (χ4n) is 6.03. The van der Waals surface area contributed by atoms with Crippen LogP contribution in [-0.4, -0.2) is 61.8 Å². The van der Waals surface area contributed by atoms with Gasteiger partial charge < -0.3 is 19.5 Å². The van der Waals surface area contributed by atoms with E-state index in [0.717, 1.165) is 38.6 Å². The first-order chi connectivity index (χ1) is 24.3. The minimum Gasteiger partial charge on any atom is -0.481 e. The predicted octanol–water partition coefficient (Wildman–Crippen LogP) is 12.6. The van der Waals surface area contributed by atoms with E-state index in [1.54, 1.807) is 0 Å². The monoisotopic (exact) mass is 712 g/mol. The van der Waals surface area contributed by atoms with Crippen LogP contribution in [0.2, 0.25) is 0 Å². The van der Waals surface area contributed by atoms with Crippen molar-refractivity contribution in [2.75, 3.05) is 33.9 Å². The summed E-state index contributed by atoms with van der Waals surface area (Å²) in [4.78, 5) is 35.7. The number of aliphatic carboxylic acids is 1. The lowest BCUT2D eigenvalue weighted by atomic mass is 10.0. The van der Waals surface area contributed by atoms with Crippen LogP contribution in [0.3, 0.4) is 0 Å². The number of carbonyl (C=O) groups excluding carboxylic acids is 2. The molecular weight excluding hydrogens is 626 g/mol. The van der Waals surface area contributed by atoms with Gasteiger partial charge in [-0.15, -0.1) is 0 Å². The number of rotatable bonds is 38. The average molecular weight is 712 g/mol. The van der Waals surface area contributed by atoms with E-state index in [1.807, 2.05) is 19.0 Å². The van der Waals surface area contributed by atoms with Crippen molar-refractivity contribution in [2.24, 2.45) is 0 Å². The van der Waals surface area contributed by atoms with E-state index in [2.05, 4.69) is 13.8 Å². The van der Waals surface area contributed by atoms with Gasteiger partial charge in [0.1, 0.15) is 0 Å². The van der Waals surface area contributed by atoms with Crippen molar-refractivity contribution in [3.63, 3.8) is 0 Å². The number of ether oxygens (including phenoxy) is 2. The summed E-state index contributed by atoms with van der Waals surface area (Å²) in [6.45, 7) is 6.43. The van der Waals surface area contributed by atoms with Crippen LogP contribution in [0.5, 0.6) is 0 Å². The van der Waals surface area contributed by atoms with Crippen molar-refractivity contribution in [3.8, 4) is 0 Å². The number of unbranched alkanes of at least 4 members (excludes halogenated alkanes) is 26. The zero-order chi connectivity index (χ0) is 37.2. The molecule has 0 rings (SSSR count). The Bertz CT molecular complexity index is 668. The maximum atomic E-state index is 11.9. The molecule has 0 saturated carbocycles. The van der Waals surface area contributed by atoms with Crippen LogP contribution in [0, 0.1) is 0 Å². The third kappa shape index (κ3) is 48.5. The van der Waals surface area contributed by atoms with Gasteiger partial charge in [0, 0.05) is 19.3 Å². The number of carbonyl (C=O) groups is 3. The molecule has 298 valence electrons. The highest BCUT2D eigenvalue weighted by molar-refractivity contribution is 5.72. The molecule has 0 unspecified atom stereocenters. The van der Waals surface area contributed by atoms with E-state index in [-0.39, 0.29) is 18.4 Å². The molecule has 0 saturated heterocycles. The molecule has 0 bridgehead atoms. The highest BCUT2D eigenvalue weighted by Gasteiger charge is 2.07. The summed E-state index contributed by atoms with van der Waals surface area (Å²) in [5.74, 6) is -1.07. The number of hydrogen-bond donors (Lipinski definition) is 1. The zero-order valence-corrected chi connectivity index (χ0v) is 33.9. The van der Waals surface area contributed by atoms with Gasteiger partial charge >= 0.3 is 17.9 Å². The number of carboxylic acid groups (broad SMARTS) is 1. The Hall–Kier alpha value is -1.63. The third-order valence-corrected chi connectivity index (χ3v) is 9.28. The molecule has 0 aliphatic heterocycles. The Morgan fingerprint density at radius 2 is 0.680 bits per heavy atom. The predicted molar refractivity (Wildman–Crippen MR) is 212 cm³/mol. The summed E-state index contributed by atoms with van der Waals surface area (Å²) in [5, 5.41) is 8.21. The van der Waals surface area contributed by atoms with E-state index in [1.165, 1.54) is 154 Å². The largest absolute Gasteiger partial charge is 0.481 e. The summed E-state index contributed by atoms with van der Waals surface area (Å²) >= 11 is 0. The molecule has 0 amide bonds. The average Bonchev–Trinajstić information content (AvgIpc) is 3.08. The molecule has 0 spiro atoms. The standard InChI is InChI=1S/C37H72O4.C6H13NO2/c1-3-5-7-9-11-13-15-17-19-21-23-25-27-29-34-40-36(38)32-31-33-37(39)41-35-30-28-26-24-22-20-18-16-14-12-10-8-6-4-2;1-7(2)5-3-4-6(8)9/h3-35H2,1-2H3;3-5H2,1-2H3,(H,8,9). The SMILES string of the molecule is CCCCCCCCCCCCCCCCOC(=O)CCCC(=O)OCCCCCCCCCCCCCCCC.CN(C)CCCC(=O)O. The highest BCUT2D eigenvalue weighted by atomic mass is 16.5. The smallest absolute Gasteiger partial charge is 0.305 e. The van der Waals surface area contributed by atoms with Crippen LogP contribution in [0.15, 0.2) is 0 Å². The van der Waals surface area contributed by atoms with Gasteiger partial charge in [0.2, 0.25) is 0 Å². The van der Waals surface area contributed by atoms with Gasteiger partial charge in [0.05, 0.1) is 13.2 Å². The molecule has 1 N–H and O–H groups in total. The molecule has 0 aromatic heterocycles. The first kappa shape index (κ1) is 50.5. The van der Waals surface area contributed by atoms with Crippen molar-refractivity contribution in [1.82, 2.24) is 4.90 Å². The number of hydrogen-bond acceptors (Lipinski definition) is 6. The Labute approximate surface area is 310 Å². The molecule has 7 heteroatoms. The zero-order valence-electron chi connectivity index (χ0n) is 33.9. The van der Waals surface area contributed by atoms with Crippen LogP contribution in [0.25, 0.3) is 0 Å². The number of nitrogens with zero attached hydrogens (tertiary/aromatic N) is 1. The van der Waals surface area contributed by atoms with Crippen molar-refractivity contribution in [2.45, 2.75) is 226 Å². The minimum atomic E-state index is -0.711. The molecule has 0 aromatic rings. The normalized spacial score (nSPS) is 11.0. The van der Waals surface area contributed by atoms with Gasteiger partial charge in [0.15, 0.2) is 0 Å². The van der Waals surface area contributed by atoms with Crippen molar-refractivity contribution in [3.05, 3.63) is 0 Å². The molecule has 0 aromatic carbocycles. The van der Waals surface area contributed by atoms with E-state index in [0.29, 0.717) is 32.5 Å². The topological polar surface area (TPSA) is 93.1 Å². The molecule has 0 aliphatic rings. The summed E-state index contributed by atoms with van der Waals surface area (Å²) in [6.07, 6.45) is 39.2. The third-order valence-electron chi connectivity index (χ3n) is 9.28. The van der Waals surface area contributed by atoms with Gasteiger partial charge in [-0.25, -0.2) is 0 Å². The molecule has 7 nitrogen and oxygen atoms in total. The van der Waals surface area contributed by atoms with Crippen molar-refractivity contribution in [1.29, 1.82) is 0 Å². The van der Waals surface area contributed by atoms with Crippen LogP contribution in [0.1, 0.15) is 226 Å². The fourth-order valence-corrected chi connectivity index (χ4v) is 6.03. The van der Waals surface area contributed by atoms with Gasteiger partial charge in [0.25, 0.3) is 0 Å². The molecule has 0 atom stereocenters. The fraction of sp³-hybridized carbons (Fsp3) is 0.930. The summed E-state index contributed by atoms with van der Waals surface area (Å²) in [5.41, 5.74) is 0. The minimum absolute atomic E-state index is 0.181. The molecule has 50 heavy (non-hydrogen) atoms. The van der Waals surface area contributed by atoms with E-state index in [9.17, 15) is 14.4 Å². The summed E-state index contributed by atoms with van der Waals surface area (Å²) in [7, 11) is 3.86. The highest BCUT2D eigenvalue weighted by Crippen LogP contribution is 2.14. The lowest BCUT2D eigenvalue weighted by Gasteiger charge is -2.06. The van der Waals surface area contributed by atoms with Crippen molar-refractivity contribution >= 4 is 17.9 Å². The van der Waals surface area contributed by atoms with Crippen molar-refractivity contribution < 1.29 is 29.0 Å². The molecule has 0 radical (unpaired) electrons. The Kier molecular flexibility index (Phi) is 44.0. The van der Waals surface area contributed by atoms with Crippen LogP contribution in [0.4, 0.5) is 0 Å². The lowest BCUT2D eigenvalue weighted by molar-refractivity contribution is -0.145. The summed E-state index contributed by atoms with van der Waals surface area (Å²) < 4.78 is 10.7. The van der Waals surface area contributed by atoms with Crippen LogP contribution in [-0.2, 0) is 23.9 Å². The lowest BCUT2D eigenvalue weighted by Crippen LogP contribution is -2.13. The van der Waals surface area contributed by atoms with Gasteiger partial charge in [-0.2, -0.15) is 0 Å². The Balaban J connectivity index is 0. The molecular formula is C43H85NO6. The molecule has 0 heterocycles. The maximum Gasteiger partial charge on any atom is 0.305 e. The summed E-state index contributed by atoms with van der Waals surface area (Å²) in [6, 6.07) is 0. The molecule has 0 fully saturated rings. The first-order valence-corrected chi connectivity index (χ1v) is 21.5. The second kappa shape index (κ2) is 43.5. The van der Waals surface area contributed by atoms with E-state index < -0.39 is 5.97 Å². The number of carboxylic acids is 1. The number of esters is 2. The second-order valence-electron chi connectivity index (χ2n) is 14.8. The van der Waals surface area contributed by atoms with E-state index in [4.69, 9.17) is 14.6 Å². The second-order valence-corrected chi connectivity index (χ2v) is 14.8. The van der Waals surface area contributed by atoms with Crippen LogP contribution < -0.4 is 0 Å². The maximum absolute atomic E-state index is 11.9. The van der Waals surface area contributed by atoms with Crippen LogP contribution >= 0.6 is 0 Å².